The summed E-state index contributed by atoms with van der Waals surface area (Å²) in [6, 6.07) is 20.4. The molecule has 0 heterocycles. The van der Waals surface area contributed by atoms with Gasteiger partial charge in [-0.25, -0.2) is 0 Å². The molecule has 1 atom stereocenters. The lowest BCUT2D eigenvalue weighted by Crippen LogP contribution is -2.55. The minimum Gasteiger partial charge on any atom is -0.456 e. The van der Waals surface area contributed by atoms with Crippen LogP contribution in [0.2, 0.25) is 0 Å². The summed E-state index contributed by atoms with van der Waals surface area (Å²) >= 11 is 0. The van der Waals surface area contributed by atoms with E-state index >= 15 is 0 Å². The Morgan fingerprint density at radius 3 is 2.16 bits per heavy atom. The quantitative estimate of drug-likeness (QED) is 0.356. The molecule has 3 nitrogen and oxygen atoms in total. The van der Waals surface area contributed by atoms with Crippen molar-refractivity contribution >= 4 is 0 Å². The molecule has 2 rings (SSSR count). The zero-order chi connectivity index (χ0) is 18.2. The molecule has 0 N–H and O–H groups in total. The van der Waals surface area contributed by atoms with Crippen LogP contribution in [0.15, 0.2) is 73.3 Å². The Morgan fingerprint density at radius 1 is 1.00 bits per heavy atom. The van der Waals surface area contributed by atoms with Gasteiger partial charge in [-0.3, -0.25) is 0 Å². The molecule has 0 spiro atoms. The Balaban J connectivity index is 2.22. The Labute approximate surface area is 152 Å². The first-order chi connectivity index (χ1) is 12.0. The second-order valence-electron chi connectivity index (χ2n) is 6.99. The zero-order valence-electron chi connectivity index (χ0n) is 15.7. The molecule has 0 amide bonds. The normalized spacial score (nSPS) is 13.9. The van der Waals surface area contributed by atoms with Crippen LogP contribution in [-0.4, -0.2) is 37.5 Å². The molecule has 0 saturated heterocycles. The fourth-order valence-corrected chi connectivity index (χ4v) is 3.24. The molecule has 0 aliphatic rings. The van der Waals surface area contributed by atoms with Gasteiger partial charge >= 0.3 is 0 Å². The van der Waals surface area contributed by atoms with E-state index in [1.165, 1.54) is 5.56 Å². The first kappa shape index (κ1) is 19.2. The second kappa shape index (κ2) is 8.84. The van der Waals surface area contributed by atoms with Crippen molar-refractivity contribution in [3.8, 4) is 5.75 Å². The van der Waals surface area contributed by atoms with Gasteiger partial charge in [-0.15, -0.1) is 6.58 Å². The first-order valence-electron chi connectivity index (χ1n) is 8.83. The molecule has 25 heavy (non-hydrogen) atoms. The molecule has 0 aliphatic heterocycles. The Hall–Kier alpha value is -2.10. The summed E-state index contributed by atoms with van der Waals surface area (Å²) in [7, 11) is 4.41. The summed E-state index contributed by atoms with van der Waals surface area (Å²) in [6.45, 7) is 8.14. The van der Waals surface area contributed by atoms with Crippen LogP contribution in [-0.2, 0) is 11.3 Å². The van der Waals surface area contributed by atoms with E-state index in [1.807, 2.05) is 49.4 Å². The highest BCUT2D eigenvalue weighted by Gasteiger charge is 2.39. The monoisotopic (exact) mass is 340 g/mol. The fourth-order valence-electron chi connectivity index (χ4n) is 3.24. The third-order valence-electron chi connectivity index (χ3n) is 4.03. The summed E-state index contributed by atoms with van der Waals surface area (Å²) < 4.78 is 13.2. The van der Waals surface area contributed by atoms with Gasteiger partial charge in [0.25, 0.3) is 5.79 Å². The smallest absolute Gasteiger partial charge is 0.263 e. The van der Waals surface area contributed by atoms with Crippen molar-refractivity contribution in [1.82, 2.24) is 0 Å². The van der Waals surface area contributed by atoms with Crippen molar-refractivity contribution in [3.05, 3.63) is 78.9 Å². The Bertz CT molecular complexity index is 640. The van der Waals surface area contributed by atoms with Gasteiger partial charge in [0, 0.05) is 18.6 Å². The third-order valence-corrected chi connectivity index (χ3v) is 4.03. The summed E-state index contributed by atoms with van der Waals surface area (Å²) in [5, 5.41) is 0. The standard InChI is InChI=1S/C22H30NO2/c1-5-17-22(24-6-2,25-21-15-11-8-12-16-21)19-23(3,4)18-20-13-9-7-10-14-20/h5,7-16H,1,6,17-19H2,2-4H3/q+1. The van der Waals surface area contributed by atoms with Gasteiger partial charge in [-0.1, -0.05) is 54.6 Å². The van der Waals surface area contributed by atoms with E-state index in [0.717, 1.165) is 23.3 Å². The number of hydrogen-bond acceptors (Lipinski definition) is 2. The summed E-state index contributed by atoms with van der Waals surface area (Å²) in [5.74, 6) is 0.0911. The number of rotatable bonds is 10. The van der Waals surface area contributed by atoms with Crippen LogP contribution >= 0.6 is 0 Å². The summed E-state index contributed by atoms with van der Waals surface area (Å²) in [4.78, 5) is 0. The molecule has 134 valence electrons. The number of likely N-dealkylation sites (N-methyl/N-ethyl adjacent to an activating group) is 1. The van der Waals surface area contributed by atoms with E-state index in [2.05, 4.69) is 44.9 Å². The highest BCUT2D eigenvalue weighted by Crippen LogP contribution is 2.27. The van der Waals surface area contributed by atoms with Crippen molar-refractivity contribution in [2.24, 2.45) is 0 Å². The molecular formula is C22H30NO2+. The van der Waals surface area contributed by atoms with Gasteiger partial charge in [-0.2, -0.15) is 0 Å². The number of para-hydroxylation sites is 1. The number of quaternary nitrogens is 1. The lowest BCUT2D eigenvalue weighted by atomic mass is 10.1. The molecule has 0 aliphatic carbocycles. The average Bonchev–Trinajstić information content (AvgIpc) is 2.56. The van der Waals surface area contributed by atoms with Crippen molar-refractivity contribution in [2.75, 3.05) is 27.2 Å². The molecule has 2 aromatic rings. The average molecular weight is 340 g/mol. The Kier molecular flexibility index (Phi) is 6.80. The minimum absolute atomic E-state index is 0.589. The van der Waals surface area contributed by atoms with E-state index < -0.39 is 5.79 Å². The maximum Gasteiger partial charge on any atom is 0.263 e. The van der Waals surface area contributed by atoms with E-state index in [-0.39, 0.29) is 0 Å². The molecule has 0 fully saturated rings. The van der Waals surface area contributed by atoms with Gasteiger partial charge < -0.3 is 14.0 Å². The SMILES string of the molecule is C=CCC(C[N+](C)(C)Cc1ccccc1)(OCC)Oc1ccccc1. The van der Waals surface area contributed by atoms with Crippen LogP contribution < -0.4 is 4.74 Å². The topological polar surface area (TPSA) is 18.5 Å². The first-order valence-corrected chi connectivity index (χ1v) is 8.83. The predicted molar refractivity (Wildman–Crippen MR) is 103 cm³/mol. The predicted octanol–water partition coefficient (Wildman–Crippen LogP) is 4.65. The zero-order valence-corrected chi connectivity index (χ0v) is 15.7. The van der Waals surface area contributed by atoms with Crippen LogP contribution in [0.1, 0.15) is 18.9 Å². The minimum atomic E-state index is -0.726. The van der Waals surface area contributed by atoms with Crippen LogP contribution in [0.3, 0.4) is 0 Å². The van der Waals surface area contributed by atoms with E-state index in [1.54, 1.807) is 0 Å². The van der Waals surface area contributed by atoms with Crippen LogP contribution in [0.4, 0.5) is 0 Å². The van der Waals surface area contributed by atoms with Gasteiger partial charge in [0.05, 0.1) is 14.1 Å². The van der Waals surface area contributed by atoms with Gasteiger partial charge in [0.2, 0.25) is 0 Å². The summed E-state index contributed by atoms with van der Waals surface area (Å²) in [5.41, 5.74) is 1.30. The molecule has 0 bridgehead atoms. The third kappa shape index (κ3) is 6.04. The molecule has 0 radical (unpaired) electrons. The van der Waals surface area contributed by atoms with E-state index in [0.29, 0.717) is 13.0 Å². The maximum absolute atomic E-state index is 6.35. The van der Waals surface area contributed by atoms with Crippen molar-refractivity contribution in [3.63, 3.8) is 0 Å². The summed E-state index contributed by atoms with van der Waals surface area (Å²) in [6.07, 6.45) is 2.51. The molecule has 3 heteroatoms. The van der Waals surface area contributed by atoms with Gasteiger partial charge in [0.15, 0.2) is 0 Å². The number of hydrogen-bond donors (Lipinski definition) is 0. The molecule has 0 saturated carbocycles. The number of benzene rings is 2. The second-order valence-corrected chi connectivity index (χ2v) is 6.99. The van der Waals surface area contributed by atoms with Gasteiger partial charge in [0.1, 0.15) is 18.8 Å². The number of nitrogens with zero attached hydrogens (tertiary/aromatic N) is 1. The fraction of sp³-hybridized carbons (Fsp3) is 0.364. The highest BCUT2D eigenvalue weighted by molar-refractivity contribution is 5.22. The van der Waals surface area contributed by atoms with Crippen molar-refractivity contribution < 1.29 is 14.0 Å². The molecule has 0 aromatic heterocycles. The van der Waals surface area contributed by atoms with Crippen molar-refractivity contribution in [1.29, 1.82) is 0 Å². The lowest BCUT2D eigenvalue weighted by Gasteiger charge is -2.40. The molecule has 1 unspecified atom stereocenters. The largest absolute Gasteiger partial charge is 0.456 e. The van der Waals surface area contributed by atoms with Crippen LogP contribution in [0.5, 0.6) is 5.75 Å². The maximum atomic E-state index is 6.35. The van der Waals surface area contributed by atoms with Gasteiger partial charge in [-0.05, 0) is 19.1 Å². The van der Waals surface area contributed by atoms with Crippen molar-refractivity contribution in [2.45, 2.75) is 25.7 Å². The number of ether oxygens (including phenoxy) is 2. The highest BCUT2D eigenvalue weighted by atomic mass is 16.7. The Morgan fingerprint density at radius 2 is 1.60 bits per heavy atom. The van der Waals surface area contributed by atoms with E-state index in [9.17, 15) is 0 Å². The molecular weight excluding hydrogens is 310 g/mol. The van der Waals surface area contributed by atoms with E-state index in [4.69, 9.17) is 9.47 Å². The van der Waals surface area contributed by atoms with Crippen LogP contribution in [0, 0.1) is 0 Å². The lowest BCUT2D eigenvalue weighted by molar-refractivity contribution is -0.912. The van der Waals surface area contributed by atoms with Crippen LogP contribution in [0.25, 0.3) is 0 Å². The molecule has 2 aromatic carbocycles.